The molecule has 1 aromatic rings. The minimum atomic E-state index is -0.410. The van der Waals surface area contributed by atoms with E-state index in [0.717, 1.165) is 25.9 Å². The molecule has 1 aromatic carbocycles. The average molecular weight is 251 g/mol. The van der Waals surface area contributed by atoms with Crippen molar-refractivity contribution in [2.75, 3.05) is 24.1 Å². The van der Waals surface area contributed by atoms with E-state index in [-0.39, 0.29) is 6.03 Å². The number of nitrogen functional groups attached to an aromatic ring is 1. The molecule has 0 atom stereocenters. The van der Waals surface area contributed by atoms with E-state index in [1.165, 1.54) is 18.2 Å². The predicted molar refractivity (Wildman–Crippen MR) is 69.8 cm³/mol. The summed E-state index contributed by atoms with van der Waals surface area (Å²) in [6.45, 7) is 3.66. The van der Waals surface area contributed by atoms with Crippen molar-refractivity contribution in [3.05, 3.63) is 24.0 Å². The van der Waals surface area contributed by atoms with E-state index in [2.05, 4.69) is 12.2 Å². The van der Waals surface area contributed by atoms with Gasteiger partial charge in [0.1, 0.15) is 5.82 Å². The van der Waals surface area contributed by atoms with E-state index in [4.69, 9.17) is 5.73 Å². The fourth-order valence-electron chi connectivity index (χ4n) is 2.04. The van der Waals surface area contributed by atoms with E-state index in [1.54, 1.807) is 4.90 Å². The zero-order chi connectivity index (χ0) is 13.1. The lowest BCUT2D eigenvalue weighted by atomic mass is 10.00. The predicted octanol–water partition coefficient (Wildman–Crippen LogP) is 2.67. The van der Waals surface area contributed by atoms with Crippen LogP contribution >= 0.6 is 0 Å². The molecule has 2 rings (SSSR count). The van der Waals surface area contributed by atoms with Gasteiger partial charge in [0.25, 0.3) is 0 Å². The largest absolute Gasteiger partial charge is 0.397 e. The van der Waals surface area contributed by atoms with Crippen molar-refractivity contribution in [1.82, 2.24) is 4.90 Å². The average Bonchev–Trinajstić information content (AvgIpc) is 2.34. The van der Waals surface area contributed by atoms with Crippen molar-refractivity contribution in [3.63, 3.8) is 0 Å². The topological polar surface area (TPSA) is 58.4 Å². The van der Waals surface area contributed by atoms with Gasteiger partial charge < -0.3 is 16.0 Å². The molecule has 0 bridgehead atoms. The highest BCUT2D eigenvalue weighted by atomic mass is 19.1. The first-order chi connectivity index (χ1) is 8.56. The summed E-state index contributed by atoms with van der Waals surface area (Å²) in [6, 6.07) is 3.75. The number of carbonyl (C=O) groups excluding carboxylic acids is 1. The van der Waals surface area contributed by atoms with Crippen LogP contribution in [0.4, 0.5) is 20.6 Å². The number of nitrogens with one attached hydrogen (secondary N) is 1. The molecule has 1 aliphatic heterocycles. The van der Waals surface area contributed by atoms with Crippen LogP contribution in [0.1, 0.15) is 19.8 Å². The Hall–Kier alpha value is -1.78. The van der Waals surface area contributed by atoms with Crippen LogP contribution in [0.15, 0.2) is 18.2 Å². The van der Waals surface area contributed by atoms with Crippen molar-refractivity contribution in [2.45, 2.75) is 19.8 Å². The number of likely N-dealkylation sites (tertiary alicyclic amines) is 1. The molecule has 18 heavy (non-hydrogen) atoms. The first kappa shape index (κ1) is 12.7. The van der Waals surface area contributed by atoms with Crippen LogP contribution in [0.25, 0.3) is 0 Å². The molecule has 1 heterocycles. The van der Waals surface area contributed by atoms with Crippen LogP contribution in [0.2, 0.25) is 0 Å². The maximum atomic E-state index is 13.1. The molecule has 1 aliphatic rings. The molecular formula is C13H18FN3O. The fraction of sp³-hybridized carbons (Fsp3) is 0.462. The molecule has 0 aromatic heterocycles. The summed E-state index contributed by atoms with van der Waals surface area (Å²) in [4.78, 5) is 13.7. The summed E-state index contributed by atoms with van der Waals surface area (Å²) < 4.78 is 13.1. The minimum absolute atomic E-state index is 0.209. The number of hydrogen-bond donors (Lipinski definition) is 2. The number of nitrogens with zero attached hydrogens (tertiary/aromatic N) is 1. The number of amides is 2. The molecule has 4 nitrogen and oxygen atoms in total. The zero-order valence-electron chi connectivity index (χ0n) is 10.4. The normalized spacial score (nSPS) is 16.7. The number of piperidine rings is 1. The van der Waals surface area contributed by atoms with Gasteiger partial charge in [0, 0.05) is 13.1 Å². The summed E-state index contributed by atoms with van der Waals surface area (Å²) in [5.41, 5.74) is 6.39. The lowest BCUT2D eigenvalue weighted by molar-refractivity contribution is 0.186. The molecule has 0 aliphatic carbocycles. The SMILES string of the molecule is CC1CCN(C(=O)Nc2cc(F)ccc2N)CC1. The molecular weight excluding hydrogens is 233 g/mol. The lowest BCUT2D eigenvalue weighted by Crippen LogP contribution is -2.40. The summed E-state index contributed by atoms with van der Waals surface area (Å²) in [6.07, 6.45) is 2.01. The second-order valence-electron chi connectivity index (χ2n) is 4.83. The Kier molecular flexibility index (Phi) is 3.69. The van der Waals surface area contributed by atoms with Crippen LogP contribution in [0, 0.1) is 11.7 Å². The molecule has 1 saturated heterocycles. The summed E-state index contributed by atoms with van der Waals surface area (Å²) in [5, 5.41) is 2.66. The van der Waals surface area contributed by atoms with Crippen molar-refractivity contribution < 1.29 is 9.18 Å². The lowest BCUT2D eigenvalue weighted by Gasteiger charge is -2.30. The molecule has 3 N–H and O–H groups in total. The molecule has 0 radical (unpaired) electrons. The Bertz CT molecular complexity index is 442. The van der Waals surface area contributed by atoms with Crippen molar-refractivity contribution >= 4 is 17.4 Å². The summed E-state index contributed by atoms with van der Waals surface area (Å²) >= 11 is 0. The Labute approximate surface area is 106 Å². The first-order valence-corrected chi connectivity index (χ1v) is 6.17. The number of benzene rings is 1. The zero-order valence-corrected chi connectivity index (χ0v) is 10.4. The summed E-state index contributed by atoms with van der Waals surface area (Å²) in [7, 11) is 0. The van der Waals surface area contributed by atoms with Crippen molar-refractivity contribution in [2.24, 2.45) is 5.92 Å². The van der Waals surface area contributed by atoms with Gasteiger partial charge in [-0.1, -0.05) is 6.92 Å². The molecule has 5 heteroatoms. The number of urea groups is 1. The van der Waals surface area contributed by atoms with E-state index >= 15 is 0 Å². The van der Waals surface area contributed by atoms with E-state index in [1.807, 2.05) is 0 Å². The standard InChI is InChI=1S/C13H18FN3O/c1-9-4-6-17(7-5-9)13(18)16-12-8-10(14)2-3-11(12)15/h2-3,8-9H,4-7,15H2,1H3,(H,16,18). The number of halogens is 1. The maximum absolute atomic E-state index is 13.1. The minimum Gasteiger partial charge on any atom is -0.397 e. The van der Waals surface area contributed by atoms with Crippen LogP contribution in [0.3, 0.4) is 0 Å². The molecule has 98 valence electrons. The molecule has 0 saturated carbocycles. The Balaban J connectivity index is 2.00. The monoisotopic (exact) mass is 251 g/mol. The van der Waals surface area contributed by atoms with Gasteiger partial charge in [0.05, 0.1) is 11.4 Å². The Morgan fingerprint density at radius 1 is 1.44 bits per heavy atom. The van der Waals surface area contributed by atoms with Crippen LogP contribution < -0.4 is 11.1 Å². The second kappa shape index (κ2) is 5.25. The number of hydrogen-bond acceptors (Lipinski definition) is 2. The Morgan fingerprint density at radius 2 is 2.11 bits per heavy atom. The third kappa shape index (κ3) is 2.91. The van der Waals surface area contributed by atoms with E-state index < -0.39 is 5.82 Å². The van der Waals surface area contributed by atoms with Crippen molar-refractivity contribution in [1.29, 1.82) is 0 Å². The first-order valence-electron chi connectivity index (χ1n) is 6.17. The highest BCUT2D eigenvalue weighted by molar-refractivity contribution is 5.92. The number of anilines is 2. The van der Waals surface area contributed by atoms with Crippen LogP contribution in [-0.4, -0.2) is 24.0 Å². The van der Waals surface area contributed by atoms with Gasteiger partial charge in [-0.2, -0.15) is 0 Å². The highest BCUT2D eigenvalue weighted by Gasteiger charge is 2.20. The second-order valence-corrected chi connectivity index (χ2v) is 4.83. The van der Waals surface area contributed by atoms with Gasteiger partial charge >= 0.3 is 6.03 Å². The van der Waals surface area contributed by atoms with Gasteiger partial charge in [0.2, 0.25) is 0 Å². The van der Waals surface area contributed by atoms with Gasteiger partial charge in [-0.05, 0) is 37.0 Å². The van der Waals surface area contributed by atoms with Gasteiger partial charge in [0.15, 0.2) is 0 Å². The van der Waals surface area contributed by atoms with Gasteiger partial charge in [-0.3, -0.25) is 0 Å². The third-order valence-corrected chi connectivity index (χ3v) is 3.33. The molecule has 0 unspecified atom stereocenters. The van der Waals surface area contributed by atoms with Gasteiger partial charge in [-0.25, -0.2) is 9.18 Å². The summed E-state index contributed by atoms with van der Waals surface area (Å²) in [5.74, 6) is 0.250. The van der Waals surface area contributed by atoms with Crippen molar-refractivity contribution in [3.8, 4) is 0 Å². The maximum Gasteiger partial charge on any atom is 0.321 e. The molecule has 2 amide bonds. The molecule has 0 spiro atoms. The Morgan fingerprint density at radius 3 is 2.78 bits per heavy atom. The van der Waals surface area contributed by atoms with Crippen LogP contribution in [-0.2, 0) is 0 Å². The molecule has 1 fully saturated rings. The van der Waals surface area contributed by atoms with E-state index in [9.17, 15) is 9.18 Å². The number of nitrogens with two attached hydrogens (primary N) is 1. The smallest absolute Gasteiger partial charge is 0.321 e. The fourth-order valence-corrected chi connectivity index (χ4v) is 2.04. The van der Waals surface area contributed by atoms with Crippen LogP contribution in [0.5, 0.6) is 0 Å². The van der Waals surface area contributed by atoms with E-state index in [0.29, 0.717) is 17.3 Å². The third-order valence-electron chi connectivity index (χ3n) is 3.33. The quantitative estimate of drug-likeness (QED) is 0.754. The highest BCUT2D eigenvalue weighted by Crippen LogP contribution is 2.21. The number of rotatable bonds is 1. The number of carbonyl (C=O) groups is 1. The van der Waals surface area contributed by atoms with Gasteiger partial charge in [-0.15, -0.1) is 0 Å².